The van der Waals surface area contributed by atoms with Crippen molar-refractivity contribution in [1.82, 2.24) is 10.6 Å². The zero-order chi connectivity index (χ0) is 24.5. The van der Waals surface area contributed by atoms with Crippen LogP contribution >= 0.6 is 0 Å². The number of nitrogens with two attached hydrogens (primary N) is 1. The van der Waals surface area contributed by atoms with Gasteiger partial charge in [0.05, 0.1) is 24.8 Å². The molecular formula is C24H24F3N5O2. The van der Waals surface area contributed by atoms with E-state index in [2.05, 4.69) is 16.7 Å². The van der Waals surface area contributed by atoms with Crippen molar-refractivity contribution in [3.05, 3.63) is 65.7 Å². The number of anilines is 1. The van der Waals surface area contributed by atoms with Crippen molar-refractivity contribution in [2.75, 3.05) is 31.1 Å². The van der Waals surface area contributed by atoms with E-state index in [1.165, 1.54) is 29.4 Å². The van der Waals surface area contributed by atoms with E-state index < -0.39 is 35.1 Å². The lowest BCUT2D eigenvalue weighted by atomic mass is 9.73. The Kier molecular flexibility index (Phi) is 6.39. The molecule has 2 aliphatic heterocycles. The molecular weight excluding hydrogens is 447 g/mol. The summed E-state index contributed by atoms with van der Waals surface area (Å²) in [6.45, 7) is 2.88. The topological polar surface area (TPSA) is 103 Å². The van der Waals surface area contributed by atoms with Crippen LogP contribution in [0.15, 0.2) is 42.7 Å². The molecule has 1 unspecified atom stereocenters. The number of halogens is 3. The van der Waals surface area contributed by atoms with Crippen molar-refractivity contribution in [3.8, 4) is 17.2 Å². The molecule has 2 aromatic carbocycles. The Labute approximate surface area is 195 Å². The number of rotatable bonds is 6. The standard InChI is InChI=1S/C24H24F3N5O2/c1-14-9-31-13-24(14,12-29)22-20(26)6-15(7-21(22)27)18-3-2-16(8-19(18)25)32-11-17(34-23(32)33)10-30-5-4-28/h2-8,14,17,30-31H,9-11,13,28H2,1H3/b5-4-/t14-,17?,24+/m1/s1. The van der Waals surface area contributed by atoms with E-state index in [0.717, 1.165) is 18.2 Å². The molecule has 2 fully saturated rings. The summed E-state index contributed by atoms with van der Waals surface area (Å²) in [5.74, 6) is -2.86. The average molecular weight is 471 g/mol. The molecule has 178 valence electrons. The lowest BCUT2D eigenvalue weighted by molar-refractivity contribution is 0.142. The minimum atomic E-state index is -1.34. The minimum Gasteiger partial charge on any atom is -0.442 e. The molecule has 4 N–H and O–H groups in total. The Morgan fingerprint density at radius 1 is 1.29 bits per heavy atom. The quantitative estimate of drug-likeness (QED) is 0.598. The number of ether oxygens (including phenoxy) is 1. The van der Waals surface area contributed by atoms with Gasteiger partial charge in [0.2, 0.25) is 0 Å². The maximum absolute atomic E-state index is 15.1. The number of cyclic esters (lactones) is 1. The highest BCUT2D eigenvalue weighted by Crippen LogP contribution is 2.40. The van der Waals surface area contributed by atoms with Crippen LogP contribution in [0.3, 0.4) is 0 Å². The van der Waals surface area contributed by atoms with Crippen molar-refractivity contribution >= 4 is 11.8 Å². The maximum atomic E-state index is 15.1. The second-order valence-electron chi connectivity index (χ2n) is 8.48. The highest BCUT2D eigenvalue weighted by atomic mass is 19.1. The molecule has 7 nitrogen and oxygen atoms in total. The fourth-order valence-electron chi connectivity index (χ4n) is 4.54. The number of amides is 1. The summed E-state index contributed by atoms with van der Waals surface area (Å²) in [5, 5.41) is 15.6. The molecule has 4 rings (SSSR count). The second kappa shape index (κ2) is 9.27. The van der Waals surface area contributed by atoms with Gasteiger partial charge in [0.15, 0.2) is 0 Å². The first-order valence-corrected chi connectivity index (χ1v) is 10.8. The van der Waals surface area contributed by atoms with E-state index in [9.17, 15) is 10.1 Å². The highest BCUT2D eigenvalue weighted by Gasteiger charge is 2.46. The third-order valence-electron chi connectivity index (χ3n) is 6.39. The van der Waals surface area contributed by atoms with Gasteiger partial charge >= 0.3 is 6.09 Å². The Morgan fingerprint density at radius 3 is 2.62 bits per heavy atom. The van der Waals surface area contributed by atoms with Gasteiger partial charge in [-0.2, -0.15) is 5.26 Å². The summed E-state index contributed by atoms with van der Waals surface area (Å²) in [6.07, 6.45) is 1.74. The number of carbonyl (C=O) groups excluding carboxylic acids is 1. The first-order valence-electron chi connectivity index (χ1n) is 10.8. The van der Waals surface area contributed by atoms with E-state index in [1.807, 2.05) is 0 Å². The third-order valence-corrected chi connectivity index (χ3v) is 6.39. The molecule has 0 saturated carbocycles. The Balaban J connectivity index is 1.61. The largest absolute Gasteiger partial charge is 0.442 e. The molecule has 0 radical (unpaired) electrons. The molecule has 2 aromatic rings. The van der Waals surface area contributed by atoms with Crippen LogP contribution in [0.1, 0.15) is 12.5 Å². The van der Waals surface area contributed by atoms with Crippen molar-refractivity contribution < 1.29 is 22.7 Å². The summed E-state index contributed by atoms with van der Waals surface area (Å²) in [7, 11) is 0. The normalized spacial score (nSPS) is 24.4. The van der Waals surface area contributed by atoms with Gasteiger partial charge in [-0.25, -0.2) is 18.0 Å². The maximum Gasteiger partial charge on any atom is 0.414 e. The Morgan fingerprint density at radius 2 is 2.03 bits per heavy atom. The van der Waals surface area contributed by atoms with E-state index >= 15 is 13.2 Å². The van der Waals surface area contributed by atoms with Gasteiger partial charge in [0.25, 0.3) is 0 Å². The number of benzene rings is 2. The van der Waals surface area contributed by atoms with Crippen LogP contribution in [-0.4, -0.2) is 38.4 Å². The molecule has 3 atom stereocenters. The number of nitriles is 1. The van der Waals surface area contributed by atoms with Crippen molar-refractivity contribution in [2.45, 2.75) is 18.4 Å². The number of nitrogens with one attached hydrogen (secondary N) is 2. The number of carbonyl (C=O) groups is 1. The first kappa shape index (κ1) is 23.4. The summed E-state index contributed by atoms with van der Waals surface area (Å²) in [6, 6.07) is 8.12. The van der Waals surface area contributed by atoms with Crippen LogP contribution in [-0.2, 0) is 10.2 Å². The molecule has 0 spiro atoms. The van der Waals surface area contributed by atoms with Gasteiger partial charge in [0.1, 0.15) is 29.0 Å². The summed E-state index contributed by atoms with van der Waals surface area (Å²) in [4.78, 5) is 13.5. The zero-order valence-electron chi connectivity index (χ0n) is 18.4. The van der Waals surface area contributed by atoms with Crippen LogP contribution in [0, 0.1) is 34.7 Å². The lowest BCUT2D eigenvalue weighted by Crippen LogP contribution is -2.34. The molecule has 0 bridgehead atoms. The smallest absolute Gasteiger partial charge is 0.414 e. The molecule has 2 aliphatic rings. The fraction of sp³-hybridized carbons (Fsp3) is 0.333. The monoisotopic (exact) mass is 471 g/mol. The molecule has 2 saturated heterocycles. The van der Waals surface area contributed by atoms with Crippen molar-refractivity contribution in [3.63, 3.8) is 0 Å². The highest BCUT2D eigenvalue weighted by molar-refractivity contribution is 5.90. The zero-order valence-corrected chi connectivity index (χ0v) is 18.4. The van der Waals surface area contributed by atoms with Gasteiger partial charge in [-0.1, -0.05) is 6.92 Å². The molecule has 34 heavy (non-hydrogen) atoms. The first-order chi connectivity index (χ1) is 16.3. The van der Waals surface area contributed by atoms with E-state index in [0.29, 0.717) is 13.1 Å². The van der Waals surface area contributed by atoms with Gasteiger partial charge in [-0.05, 0) is 48.4 Å². The lowest BCUT2D eigenvalue weighted by Gasteiger charge is -2.26. The van der Waals surface area contributed by atoms with Crippen molar-refractivity contribution in [2.24, 2.45) is 11.7 Å². The average Bonchev–Trinajstić information content (AvgIpc) is 3.36. The molecule has 1 amide bonds. The van der Waals surface area contributed by atoms with Gasteiger partial charge < -0.3 is 21.1 Å². The number of hydrogen-bond acceptors (Lipinski definition) is 6. The van der Waals surface area contributed by atoms with E-state index in [-0.39, 0.29) is 41.4 Å². The Hall–Kier alpha value is -3.71. The van der Waals surface area contributed by atoms with Crippen LogP contribution in [0.25, 0.3) is 11.1 Å². The third kappa shape index (κ3) is 4.03. The molecule has 0 aliphatic carbocycles. The predicted molar refractivity (Wildman–Crippen MR) is 120 cm³/mol. The van der Waals surface area contributed by atoms with Crippen LogP contribution in [0.4, 0.5) is 23.7 Å². The number of nitrogens with zero attached hydrogens (tertiary/aromatic N) is 2. The van der Waals surface area contributed by atoms with Gasteiger partial charge in [0, 0.05) is 30.1 Å². The fourth-order valence-corrected chi connectivity index (χ4v) is 4.54. The summed E-state index contributed by atoms with van der Waals surface area (Å²) in [5.41, 5.74) is 3.83. The SMILES string of the molecule is C[C@@H]1CNC[C@]1(C#N)c1c(F)cc(-c2ccc(N3CC(CN/C=C\N)OC3=O)cc2F)cc1F. The second-order valence-corrected chi connectivity index (χ2v) is 8.48. The van der Waals surface area contributed by atoms with Gasteiger partial charge in [-0.15, -0.1) is 0 Å². The van der Waals surface area contributed by atoms with Crippen LogP contribution < -0.4 is 21.3 Å². The summed E-state index contributed by atoms with van der Waals surface area (Å²) < 4.78 is 50.5. The van der Waals surface area contributed by atoms with Gasteiger partial charge in [-0.3, -0.25) is 4.90 Å². The van der Waals surface area contributed by atoms with Crippen molar-refractivity contribution in [1.29, 1.82) is 5.26 Å². The van der Waals surface area contributed by atoms with Crippen LogP contribution in [0.5, 0.6) is 0 Å². The number of hydrogen-bond donors (Lipinski definition) is 3. The molecule has 0 aromatic heterocycles. The molecule has 2 heterocycles. The van der Waals surface area contributed by atoms with Crippen LogP contribution in [0.2, 0.25) is 0 Å². The predicted octanol–water partition coefficient (Wildman–Crippen LogP) is 3.12. The summed E-state index contributed by atoms with van der Waals surface area (Å²) >= 11 is 0. The molecule has 10 heteroatoms. The van der Waals surface area contributed by atoms with E-state index in [4.69, 9.17) is 10.5 Å². The Bertz CT molecular complexity index is 1160. The van der Waals surface area contributed by atoms with E-state index in [1.54, 1.807) is 6.92 Å². The minimum absolute atomic E-state index is 0.00542.